The first-order valence-electron chi connectivity index (χ1n) is 3.48. The Morgan fingerprint density at radius 3 is 2.21 bits per heavy atom. The van der Waals surface area contributed by atoms with E-state index in [1.54, 1.807) is 0 Å². The molecule has 0 nitrogen and oxygen atoms in total. The fraction of sp³-hybridized carbons (Fsp3) is 0.250. The molecule has 6 heteroatoms. The van der Waals surface area contributed by atoms with Crippen LogP contribution in [0.1, 0.15) is 11.1 Å². The Morgan fingerprint density at radius 1 is 1.21 bits per heavy atom. The first-order valence-corrected chi connectivity index (χ1v) is 3.85. The number of benzene rings is 1. The Labute approximate surface area is 81.3 Å². The highest BCUT2D eigenvalue weighted by atomic mass is 35.5. The van der Waals surface area contributed by atoms with E-state index in [0.29, 0.717) is 6.07 Å². The van der Waals surface area contributed by atoms with Gasteiger partial charge in [-0.05, 0) is 6.07 Å². The Hall–Kier alpha value is -0.840. The van der Waals surface area contributed by atoms with Crippen molar-refractivity contribution in [2.45, 2.75) is 12.9 Å². The fourth-order valence-corrected chi connectivity index (χ4v) is 1.20. The van der Waals surface area contributed by atoms with E-state index in [2.05, 4.69) is 0 Å². The molecule has 0 aromatic heterocycles. The predicted molar refractivity (Wildman–Crippen MR) is 41.2 cm³/mol. The molecule has 0 heterocycles. The zero-order valence-corrected chi connectivity index (χ0v) is 7.39. The van der Waals surface area contributed by atoms with E-state index in [1.165, 1.54) is 0 Å². The molecule has 0 bridgehead atoms. The molecule has 0 saturated heterocycles. The molecule has 0 aliphatic rings. The molecular formula is C8H4ClF5. The van der Waals surface area contributed by atoms with Crippen LogP contribution in [-0.4, -0.2) is 0 Å². The van der Waals surface area contributed by atoms with Gasteiger partial charge in [-0.2, -0.15) is 13.2 Å². The van der Waals surface area contributed by atoms with Gasteiger partial charge in [0, 0.05) is 5.56 Å². The molecule has 1 aromatic carbocycles. The molecule has 0 fully saturated rings. The van der Waals surface area contributed by atoms with Crippen molar-refractivity contribution in [3.63, 3.8) is 0 Å². The molecule has 14 heavy (non-hydrogen) atoms. The number of halogens is 6. The lowest BCUT2D eigenvalue weighted by Gasteiger charge is -2.10. The van der Waals surface area contributed by atoms with E-state index in [1.807, 2.05) is 0 Å². The quantitative estimate of drug-likeness (QED) is 0.641. The van der Waals surface area contributed by atoms with Crippen LogP contribution in [0.25, 0.3) is 0 Å². The lowest BCUT2D eigenvalue weighted by Crippen LogP contribution is -2.07. The summed E-state index contributed by atoms with van der Waals surface area (Å²) in [5, 5.41) is -1.09. The summed E-state index contributed by atoms with van der Waals surface area (Å²) in [5.74, 6) is -1.36. The van der Waals surface area contributed by atoms with Gasteiger partial charge in [0.15, 0.2) is 0 Å². The van der Waals surface area contributed by atoms with Crippen molar-refractivity contribution in [3.05, 3.63) is 34.1 Å². The van der Waals surface area contributed by atoms with Crippen molar-refractivity contribution >= 4 is 11.6 Å². The number of rotatable bonds is 1. The average molecular weight is 231 g/mol. The van der Waals surface area contributed by atoms with E-state index in [0.717, 1.165) is 6.07 Å². The molecule has 0 N–H and O–H groups in total. The van der Waals surface area contributed by atoms with Crippen molar-refractivity contribution in [2.75, 3.05) is 0 Å². The monoisotopic (exact) mass is 230 g/mol. The standard InChI is InChI=1S/C8H4ClF5/c9-6-5(8(12,13)14)2-1-4(3-10)7(6)11/h1-2H,3H2. The Bertz CT molecular complexity index is 344. The molecule has 1 rings (SSSR count). The SMILES string of the molecule is FCc1ccc(C(F)(F)F)c(Cl)c1F. The Morgan fingerprint density at radius 2 is 1.79 bits per heavy atom. The Balaban J connectivity index is 3.31. The zero-order valence-electron chi connectivity index (χ0n) is 6.63. The van der Waals surface area contributed by atoms with E-state index in [9.17, 15) is 22.0 Å². The summed E-state index contributed by atoms with van der Waals surface area (Å²) in [4.78, 5) is 0. The van der Waals surface area contributed by atoms with Crippen LogP contribution >= 0.6 is 11.6 Å². The lowest BCUT2D eigenvalue weighted by atomic mass is 10.1. The summed E-state index contributed by atoms with van der Waals surface area (Å²) in [5.41, 5.74) is -1.78. The van der Waals surface area contributed by atoms with Crippen LogP contribution in [0.5, 0.6) is 0 Å². The second kappa shape index (κ2) is 3.73. The molecule has 0 radical (unpaired) electrons. The normalized spacial score (nSPS) is 11.9. The zero-order chi connectivity index (χ0) is 10.9. The second-order valence-corrected chi connectivity index (χ2v) is 2.91. The third kappa shape index (κ3) is 1.97. The van der Waals surface area contributed by atoms with Gasteiger partial charge < -0.3 is 0 Å². The third-order valence-corrected chi connectivity index (χ3v) is 1.98. The Kier molecular flexibility index (Phi) is 2.99. The molecule has 0 aliphatic heterocycles. The van der Waals surface area contributed by atoms with Crippen LogP contribution in [0, 0.1) is 5.82 Å². The van der Waals surface area contributed by atoms with E-state index in [-0.39, 0.29) is 0 Å². The van der Waals surface area contributed by atoms with Crippen LogP contribution < -0.4 is 0 Å². The highest BCUT2D eigenvalue weighted by molar-refractivity contribution is 6.31. The smallest absolute Gasteiger partial charge is 0.246 e. The maximum atomic E-state index is 12.9. The van der Waals surface area contributed by atoms with Crippen LogP contribution in [-0.2, 0) is 12.9 Å². The largest absolute Gasteiger partial charge is 0.417 e. The van der Waals surface area contributed by atoms with Gasteiger partial charge in [0.1, 0.15) is 12.5 Å². The van der Waals surface area contributed by atoms with E-state index < -0.39 is 34.8 Å². The number of alkyl halides is 4. The summed E-state index contributed by atoms with van der Waals surface area (Å²) < 4.78 is 61.3. The highest BCUT2D eigenvalue weighted by Gasteiger charge is 2.34. The maximum absolute atomic E-state index is 12.9. The molecule has 0 atom stereocenters. The first-order chi connectivity index (χ1) is 6.38. The molecule has 0 unspecified atom stereocenters. The topological polar surface area (TPSA) is 0 Å². The highest BCUT2D eigenvalue weighted by Crippen LogP contribution is 2.36. The third-order valence-electron chi connectivity index (χ3n) is 1.61. The molecule has 0 spiro atoms. The number of hydrogen-bond donors (Lipinski definition) is 0. The lowest BCUT2D eigenvalue weighted by molar-refractivity contribution is -0.137. The van der Waals surface area contributed by atoms with Gasteiger partial charge in [-0.15, -0.1) is 0 Å². The van der Waals surface area contributed by atoms with Crippen LogP contribution in [0.15, 0.2) is 12.1 Å². The van der Waals surface area contributed by atoms with Crippen molar-refractivity contribution in [1.82, 2.24) is 0 Å². The first kappa shape index (κ1) is 11.2. The van der Waals surface area contributed by atoms with Gasteiger partial charge in [0.05, 0.1) is 10.6 Å². The van der Waals surface area contributed by atoms with Crippen molar-refractivity contribution in [1.29, 1.82) is 0 Å². The predicted octanol–water partition coefficient (Wildman–Crippen LogP) is 3.97. The van der Waals surface area contributed by atoms with Crippen molar-refractivity contribution in [3.8, 4) is 0 Å². The van der Waals surface area contributed by atoms with E-state index >= 15 is 0 Å². The molecular weight excluding hydrogens is 227 g/mol. The molecule has 0 saturated carbocycles. The summed E-state index contributed by atoms with van der Waals surface area (Å²) in [6.07, 6.45) is -4.73. The van der Waals surface area contributed by atoms with Gasteiger partial charge >= 0.3 is 6.18 Å². The maximum Gasteiger partial charge on any atom is 0.417 e. The molecule has 0 amide bonds. The van der Waals surface area contributed by atoms with Gasteiger partial charge in [-0.1, -0.05) is 17.7 Å². The van der Waals surface area contributed by atoms with Gasteiger partial charge in [0.2, 0.25) is 0 Å². The van der Waals surface area contributed by atoms with Gasteiger partial charge in [-0.3, -0.25) is 0 Å². The summed E-state index contributed by atoms with van der Waals surface area (Å²) in [6.45, 7) is -1.19. The fourth-order valence-electron chi connectivity index (χ4n) is 0.912. The average Bonchev–Trinajstić information content (AvgIpc) is 2.07. The van der Waals surface area contributed by atoms with Crippen LogP contribution in [0.4, 0.5) is 22.0 Å². The minimum absolute atomic E-state index is 0.483. The summed E-state index contributed by atoms with van der Waals surface area (Å²) >= 11 is 5.10. The molecule has 0 aliphatic carbocycles. The molecule has 1 aromatic rings. The van der Waals surface area contributed by atoms with Gasteiger partial charge in [0.25, 0.3) is 0 Å². The van der Waals surface area contributed by atoms with E-state index in [4.69, 9.17) is 11.6 Å². The minimum Gasteiger partial charge on any atom is -0.246 e. The molecule has 78 valence electrons. The summed E-state index contributed by atoms with van der Waals surface area (Å²) in [6, 6.07) is 1.28. The van der Waals surface area contributed by atoms with Crippen molar-refractivity contribution < 1.29 is 22.0 Å². The second-order valence-electron chi connectivity index (χ2n) is 2.53. The van der Waals surface area contributed by atoms with Crippen LogP contribution in [0.3, 0.4) is 0 Å². The minimum atomic E-state index is -4.73. The summed E-state index contributed by atoms with van der Waals surface area (Å²) in [7, 11) is 0. The number of hydrogen-bond acceptors (Lipinski definition) is 0. The van der Waals surface area contributed by atoms with Gasteiger partial charge in [-0.25, -0.2) is 8.78 Å². The van der Waals surface area contributed by atoms with Crippen LogP contribution in [0.2, 0.25) is 5.02 Å². The van der Waals surface area contributed by atoms with Crippen molar-refractivity contribution in [2.24, 2.45) is 0 Å².